The van der Waals surface area contributed by atoms with Crippen molar-refractivity contribution in [3.05, 3.63) is 47.8 Å². The molecule has 0 unspecified atom stereocenters. The Morgan fingerprint density at radius 3 is 1.71 bits per heavy atom. The van der Waals surface area contributed by atoms with Crippen LogP contribution in [-0.2, 0) is 30.9 Å². The molecule has 1 radical (unpaired) electrons. The van der Waals surface area contributed by atoms with Gasteiger partial charge in [0.1, 0.15) is 0 Å². The van der Waals surface area contributed by atoms with Gasteiger partial charge in [0.25, 0.3) is 0 Å². The first-order valence-corrected chi connectivity index (χ1v) is 7.03. The number of nitrogens with zero attached hydrogens (tertiary/aromatic N) is 2. The molecule has 0 atom stereocenters. The largest absolute Gasteiger partial charge is 0.285 e. The summed E-state index contributed by atoms with van der Waals surface area (Å²) >= 11 is 0. The Morgan fingerprint density at radius 2 is 1.33 bits per heavy atom. The van der Waals surface area contributed by atoms with Crippen molar-refractivity contribution in [2.45, 2.75) is 52.4 Å². The summed E-state index contributed by atoms with van der Waals surface area (Å²) in [4.78, 5) is 8.93. The fourth-order valence-corrected chi connectivity index (χ4v) is 1.88. The predicted molar refractivity (Wildman–Crippen MR) is 83.7 cm³/mol. The second-order valence-electron chi connectivity index (χ2n) is 7.29. The zero-order valence-corrected chi connectivity index (χ0v) is 16.0. The van der Waals surface area contributed by atoms with Crippen molar-refractivity contribution in [2.75, 3.05) is 0 Å². The van der Waals surface area contributed by atoms with E-state index in [1.807, 2.05) is 24.5 Å². The number of rotatable bonds is 1. The Balaban J connectivity index is 0.00000220. The summed E-state index contributed by atoms with van der Waals surface area (Å²) in [7, 11) is 0. The topological polar surface area (TPSA) is 25.8 Å². The fourth-order valence-electron chi connectivity index (χ4n) is 1.88. The molecule has 0 saturated heterocycles. The van der Waals surface area contributed by atoms with Crippen molar-refractivity contribution in [1.82, 2.24) is 9.97 Å². The molecule has 0 aliphatic carbocycles. The van der Waals surface area contributed by atoms with E-state index in [-0.39, 0.29) is 30.9 Å². The summed E-state index contributed by atoms with van der Waals surface area (Å²) in [6.45, 7) is 13.1. The molecule has 2 aromatic rings. The molecule has 0 saturated carbocycles. The van der Waals surface area contributed by atoms with E-state index in [0.717, 1.165) is 17.0 Å². The van der Waals surface area contributed by atoms with Crippen LogP contribution in [0.4, 0.5) is 0 Å². The van der Waals surface area contributed by atoms with Crippen LogP contribution in [-0.4, -0.2) is 9.97 Å². The minimum absolute atomic E-state index is 0. The number of hydrogen-bond acceptors (Lipinski definition) is 2. The third-order valence-corrected chi connectivity index (χ3v) is 3.44. The van der Waals surface area contributed by atoms with Gasteiger partial charge in [-0.3, -0.25) is 9.97 Å². The van der Waals surface area contributed by atoms with Crippen LogP contribution in [0.3, 0.4) is 0 Å². The van der Waals surface area contributed by atoms with Crippen molar-refractivity contribution in [3.8, 4) is 11.4 Å². The van der Waals surface area contributed by atoms with Crippen molar-refractivity contribution < 1.29 is 20.1 Å². The maximum absolute atomic E-state index is 4.46. The molecule has 0 bridgehead atoms. The van der Waals surface area contributed by atoms with E-state index in [1.54, 1.807) is 0 Å². The van der Waals surface area contributed by atoms with E-state index >= 15 is 0 Å². The Bertz CT molecular complexity index is 517. The molecule has 0 N–H and O–H groups in total. The number of benzene rings is 1. The van der Waals surface area contributed by atoms with Gasteiger partial charge in [0.05, 0.1) is 5.82 Å². The van der Waals surface area contributed by atoms with Gasteiger partial charge in [-0.15, -0.1) is 35.4 Å². The second kappa shape index (κ2) is 6.37. The summed E-state index contributed by atoms with van der Waals surface area (Å²) in [5, 5.41) is 0. The third kappa shape index (κ3) is 4.46. The molecule has 115 valence electrons. The average molecular weight is 460 g/mol. The second-order valence-corrected chi connectivity index (χ2v) is 7.29. The summed E-state index contributed by atoms with van der Waals surface area (Å²) in [5.74, 6) is 0.735. The monoisotopic (exact) mass is 460 g/mol. The Kier molecular flexibility index (Phi) is 5.46. The van der Waals surface area contributed by atoms with Gasteiger partial charge in [-0.05, 0) is 16.4 Å². The van der Waals surface area contributed by atoms with Gasteiger partial charge < -0.3 is 0 Å². The van der Waals surface area contributed by atoms with Crippen molar-refractivity contribution in [2.24, 2.45) is 0 Å². The van der Waals surface area contributed by atoms with Gasteiger partial charge in [0.2, 0.25) is 0 Å². The maximum atomic E-state index is 4.46. The molecule has 0 aliphatic rings. The zero-order valence-electron chi connectivity index (χ0n) is 13.6. The van der Waals surface area contributed by atoms with Crippen LogP contribution in [0.1, 0.15) is 52.7 Å². The SMILES string of the molecule is CC(C)(C)c1c[c-]c(-c2ncc(C(C)(C)C)cn2)cc1.[Ir]. The average Bonchev–Trinajstić information content (AvgIpc) is 2.37. The molecule has 1 aromatic heterocycles. The van der Waals surface area contributed by atoms with E-state index in [4.69, 9.17) is 0 Å². The molecule has 0 amide bonds. The minimum Gasteiger partial charge on any atom is -0.285 e. The van der Waals surface area contributed by atoms with Gasteiger partial charge in [-0.2, -0.15) is 0 Å². The molecular weight excluding hydrogens is 436 g/mol. The number of hydrogen-bond donors (Lipinski definition) is 0. The van der Waals surface area contributed by atoms with Gasteiger partial charge in [-0.25, -0.2) is 0 Å². The van der Waals surface area contributed by atoms with Gasteiger partial charge in [0, 0.05) is 32.5 Å². The molecule has 0 fully saturated rings. The van der Waals surface area contributed by atoms with E-state index < -0.39 is 0 Å². The molecule has 21 heavy (non-hydrogen) atoms. The van der Waals surface area contributed by atoms with Crippen LogP contribution < -0.4 is 0 Å². The first-order chi connectivity index (χ1) is 9.18. The molecule has 1 aromatic carbocycles. The molecular formula is C18H23IrN2-. The number of aromatic nitrogens is 2. The Hall–Kier alpha value is -1.05. The molecule has 0 spiro atoms. The van der Waals surface area contributed by atoms with E-state index in [2.05, 4.69) is 63.6 Å². The van der Waals surface area contributed by atoms with Gasteiger partial charge in [0.15, 0.2) is 0 Å². The summed E-state index contributed by atoms with van der Waals surface area (Å²) in [6, 6.07) is 9.51. The van der Waals surface area contributed by atoms with E-state index in [0.29, 0.717) is 0 Å². The van der Waals surface area contributed by atoms with Crippen LogP contribution >= 0.6 is 0 Å². The molecule has 2 nitrogen and oxygen atoms in total. The first kappa shape index (κ1) is 18.0. The predicted octanol–water partition coefficient (Wildman–Crippen LogP) is 4.54. The van der Waals surface area contributed by atoms with Crippen molar-refractivity contribution in [3.63, 3.8) is 0 Å². The summed E-state index contributed by atoms with van der Waals surface area (Å²) < 4.78 is 0. The molecule has 1 heterocycles. The standard InChI is InChI=1S/C18H23N2.Ir/c1-17(2,3)14-9-7-13(8-10-14)16-19-11-15(12-20-16)18(4,5)6;/h7,9-12H,1-6H3;/q-1;. The zero-order chi connectivity index (χ0) is 15.0. The first-order valence-electron chi connectivity index (χ1n) is 7.03. The molecule has 2 rings (SSSR count). The normalized spacial score (nSPS) is 11.9. The van der Waals surface area contributed by atoms with Gasteiger partial charge in [-0.1, -0.05) is 41.5 Å². The Morgan fingerprint density at radius 1 is 0.810 bits per heavy atom. The van der Waals surface area contributed by atoms with E-state index in [9.17, 15) is 0 Å². The fraction of sp³-hybridized carbons (Fsp3) is 0.444. The Labute approximate surface area is 141 Å². The summed E-state index contributed by atoms with van der Waals surface area (Å²) in [5.41, 5.74) is 3.59. The van der Waals surface area contributed by atoms with Crippen LogP contribution in [0, 0.1) is 6.07 Å². The van der Waals surface area contributed by atoms with Gasteiger partial charge >= 0.3 is 0 Å². The quantitative estimate of drug-likeness (QED) is 0.586. The van der Waals surface area contributed by atoms with Crippen molar-refractivity contribution >= 4 is 0 Å². The third-order valence-electron chi connectivity index (χ3n) is 3.44. The van der Waals surface area contributed by atoms with Crippen molar-refractivity contribution in [1.29, 1.82) is 0 Å². The molecule has 0 aliphatic heterocycles. The van der Waals surface area contributed by atoms with Crippen LogP contribution in [0.5, 0.6) is 0 Å². The molecule has 3 heteroatoms. The summed E-state index contributed by atoms with van der Waals surface area (Å²) in [6.07, 6.45) is 3.82. The van der Waals surface area contributed by atoms with Crippen LogP contribution in [0.25, 0.3) is 11.4 Å². The van der Waals surface area contributed by atoms with Crippen LogP contribution in [0.15, 0.2) is 30.6 Å². The van der Waals surface area contributed by atoms with E-state index in [1.165, 1.54) is 5.56 Å². The maximum Gasteiger partial charge on any atom is 0.0748 e. The van der Waals surface area contributed by atoms with Crippen LogP contribution in [0.2, 0.25) is 0 Å². The minimum atomic E-state index is 0. The smallest absolute Gasteiger partial charge is 0.0748 e.